The van der Waals surface area contributed by atoms with Crippen molar-refractivity contribution in [2.24, 2.45) is 0 Å². The third kappa shape index (κ3) is 3.03. The van der Waals surface area contributed by atoms with Crippen molar-refractivity contribution in [3.8, 4) is 0 Å². The molecule has 0 fully saturated rings. The number of rotatable bonds is 3. The fourth-order valence-corrected chi connectivity index (χ4v) is 2.53. The van der Waals surface area contributed by atoms with Gasteiger partial charge in [0.1, 0.15) is 11.3 Å². The van der Waals surface area contributed by atoms with Gasteiger partial charge in [-0.05, 0) is 36.8 Å². The molecular weight excluding hydrogens is 331 g/mol. The molecule has 24 heavy (non-hydrogen) atoms. The Bertz CT molecular complexity index is 944. The molecular formula is C18H14ClFN2O2. The molecule has 1 heterocycles. The number of carbonyl (C=O) groups is 1. The van der Waals surface area contributed by atoms with Crippen LogP contribution in [0.1, 0.15) is 16.1 Å². The fraction of sp³-hybridized carbons (Fsp3) is 0.111. The molecule has 0 aliphatic heterocycles. The standard InChI is InChI=1S/C18H14ClFN2O2/c1-10-6-7-11(8-13(10)19)21-15-9-16(18(23)24-2)22-17-12(15)4-3-5-14(17)20/h3-9H,1-2H3,(H,21,22). The highest BCUT2D eigenvalue weighted by atomic mass is 35.5. The Morgan fingerprint density at radius 1 is 1.25 bits per heavy atom. The van der Waals surface area contributed by atoms with Crippen molar-refractivity contribution in [3.63, 3.8) is 0 Å². The number of nitrogens with one attached hydrogen (secondary N) is 1. The number of hydrogen-bond donors (Lipinski definition) is 1. The number of aromatic nitrogens is 1. The van der Waals surface area contributed by atoms with Gasteiger partial charge in [-0.15, -0.1) is 0 Å². The maximum Gasteiger partial charge on any atom is 0.356 e. The van der Waals surface area contributed by atoms with Crippen molar-refractivity contribution < 1.29 is 13.9 Å². The minimum Gasteiger partial charge on any atom is -0.464 e. The summed E-state index contributed by atoms with van der Waals surface area (Å²) in [4.78, 5) is 15.9. The lowest BCUT2D eigenvalue weighted by molar-refractivity contribution is 0.0594. The van der Waals surface area contributed by atoms with Crippen LogP contribution in [-0.4, -0.2) is 18.1 Å². The molecule has 1 aromatic heterocycles. The van der Waals surface area contributed by atoms with E-state index in [9.17, 15) is 9.18 Å². The zero-order chi connectivity index (χ0) is 17.3. The normalized spacial score (nSPS) is 10.7. The van der Waals surface area contributed by atoms with Crippen molar-refractivity contribution in [2.45, 2.75) is 6.92 Å². The number of aryl methyl sites for hydroxylation is 1. The molecule has 6 heteroatoms. The minimum atomic E-state index is -0.634. The van der Waals surface area contributed by atoms with Gasteiger partial charge in [-0.1, -0.05) is 29.8 Å². The second-order valence-corrected chi connectivity index (χ2v) is 5.68. The average Bonchev–Trinajstić information content (AvgIpc) is 2.58. The molecule has 3 rings (SSSR count). The van der Waals surface area contributed by atoms with Gasteiger partial charge < -0.3 is 10.1 Å². The number of carbonyl (C=O) groups excluding carboxylic acids is 1. The van der Waals surface area contributed by atoms with Crippen LogP contribution in [0.2, 0.25) is 5.02 Å². The Balaban J connectivity index is 2.16. The predicted octanol–water partition coefficient (Wildman–Crippen LogP) is 4.87. The Hall–Kier alpha value is -2.66. The number of benzene rings is 2. The summed E-state index contributed by atoms with van der Waals surface area (Å²) in [7, 11) is 1.25. The molecule has 0 saturated carbocycles. The number of para-hydroxylation sites is 1. The SMILES string of the molecule is COC(=O)c1cc(Nc2ccc(C)c(Cl)c2)c2cccc(F)c2n1. The van der Waals surface area contributed by atoms with Crippen LogP contribution in [0, 0.1) is 12.7 Å². The third-order valence-corrected chi connectivity index (χ3v) is 4.04. The van der Waals surface area contributed by atoms with E-state index in [4.69, 9.17) is 16.3 Å². The molecule has 4 nitrogen and oxygen atoms in total. The van der Waals surface area contributed by atoms with E-state index >= 15 is 0 Å². The lowest BCUT2D eigenvalue weighted by Crippen LogP contribution is -2.06. The second kappa shape index (κ2) is 6.45. The molecule has 0 amide bonds. The molecule has 2 aromatic carbocycles. The zero-order valence-electron chi connectivity index (χ0n) is 13.1. The van der Waals surface area contributed by atoms with Crippen LogP contribution in [0.3, 0.4) is 0 Å². The zero-order valence-corrected chi connectivity index (χ0v) is 13.8. The van der Waals surface area contributed by atoms with Gasteiger partial charge in [0.25, 0.3) is 0 Å². The van der Waals surface area contributed by atoms with E-state index in [-0.39, 0.29) is 11.2 Å². The molecule has 0 bridgehead atoms. The van der Waals surface area contributed by atoms with Gasteiger partial charge >= 0.3 is 5.97 Å². The van der Waals surface area contributed by atoms with Crippen LogP contribution in [0.4, 0.5) is 15.8 Å². The second-order valence-electron chi connectivity index (χ2n) is 5.27. The van der Waals surface area contributed by atoms with Crippen LogP contribution in [0.5, 0.6) is 0 Å². The van der Waals surface area contributed by atoms with E-state index < -0.39 is 11.8 Å². The number of nitrogens with zero attached hydrogens (tertiary/aromatic N) is 1. The first-order valence-electron chi connectivity index (χ1n) is 7.20. The van der Waals surface area contributed by atoms with Crippen molar-refractivity contribution in [3.05, 3.63) is 64.6 Å². The topological polar surface area (TPSA) is 51.2 Å². The summed E-state index contributed by atoms with van der Waals surface area (Å²) in [6.45, 7) is 1.90. The van der Waals surface area contributed by atoms with Crippen LogP contribution in [-0.2, 0) is 4.74 Å². The number of pyridine rings is 1. The van der Waals surface area contributed by atoms with Crippen LogP contribution in [0.25, 0.3) is 10.9 Å². The van der Waals surface area contributed by atoms with E-state index in [1.54, 1.807) is 18.2 Å². The first-order valence-corrected chi connectivity index (χ1v) is 7.58. The average molecular weight is 345 g/mol. The van der Waals surface area contributed by atoms with Gasteiger partial charge in [0.15, 0.2) is 5.69 Å². The first kappa shape index (κ1) is 16.2. The molecule has 0 unspecified atom stereocenters. The van der Waals surface area contributed by atoms with Gasteiger partial charge in [0, 0.05) is 16.1 Å². The van der Waals surface area contributed by atoms with Gasteiger partial charge in [0.05, 0.1) is 12.8 Å². The number of ether oxygens (including phenoxy) is 1. The van der Waals surface area contributed by atoms with Crippen molar-refractivity contribution in [1.82, 2.24) is 4.98 Å². The largest absolute Gasteiger partial charge is 0.464 e. The number of anilines is 2. The number of fused-ring (bicyclic) bond motifs is 1. The van der Waals surface area contributed by atoms with Gasteiger partial charge in [-0.25, -0.2) is 14.2 Å². The van der Waals surface area contributed by atoms with E-state index in [1.807, 2.05) is 19.1 Å². The number of halogens is 2. The summed E-state index contributed by atoms with van der Waals surface area (Å²) in [6, 6.07) is 11.6. The van der Waals surface area contributed by atoms with E-state index in [2.05, 4.69) is 10.3 Å². The smallest absolute Gasteiger partial charge is 0.356 e. The fourth-order valence-electron chi connectivity index (χ4n) is 2.35. The summed E-state index contributed by atoms with van der Waals surface area (Å²) >= 11 is 6.14. The number of esters is 1. The Kier molecular flexibility index (Phi) is 4.36. The van der Waals surface area contributed by atoms with Crippen molar-refractivity contribution >= 4 is 39.8 Å². The lowest BCUT2D eigenvalue weighted by atomic mass is 10.1. The Morgan fingerprint density at radius 2 is 2.04 bits per heavy atom. The summed E-state index contributed by atoms with van der Waals surface area (Å²) in [5.74, 6) is -1.15. The Morgan fingerprint density at radius 3 is 2.75 bits per heavy atom. The highest BCUT2D eigenvalue weighted by Crippen LogP contribution is 2.29. The monoisotopic (exact) mass is 344 g/mol. The summed E-state index contributed by atoms with van der Waals surface area (Å²) in [5, 5.41) is 4.33. The van der Waals surface area contributed by atoms with Gasteiger partial charge in [-0.2, -0.15) is 0 Å². The summed E-state index contributed by atoms with van der Waals surface area (Å²) in [6.07, 6.45) is 0. The molecule has 0 radical (unpaired) electrons. The molecule has 122 valence electrons. The molecule has 1 N–H and O–H groups in total. The summed E-state index contributed by atoms with van der Waals surface area (Å²) < 4.78 is 18.8. The highest BCUT2D eigenvalue weighted by molar-refractivity contribution is 6.31. The van der Waals surface area contributed by atoms with Crippen LogP contribution in [0.15, 0.2) is 42.5 Å². The van der Waals surface area contributed by atoms with E-state index in [1.165, 1.54) is 19.2 Å². The van der Waals surface area contributed by atoms with Crippen molar-refractivity contribution in [1.29, 1.82) is 0 Å². The third-order valence-electron chi connectivity index (χ3n) is 3.64. The predicted molar refractivity (Wildman–Crippen MR) is 92.5 cm³/mol. The Labute approximate surface area is 143 Å². The highest BCUT2D eigenvalue weighted by Gasteiger charge is 2.15. The van der Waals surface area contributed by atoms with Gasteiger partial charge in [-0.3, -0.25) is 0 Å². The van der Waals surface area contributed by atoms with E-state index in [0.717, 1.165) is 11.3 Å². The molecule has 0 atom stereocenters. The lowest BCUT2D eigenvalue weighted by Gasteiger charge is -2.12. The number of hydrogen-bond acceptors (Lipinski definition) is 4. The van der Waals surface area contributed by atoms with Crippen molar-refractivity contribution in [2.75, 3.05) is 12.4 Å². The summed E-state index contributed by atoms with van der Waals surface area (Å²) in [5.41, 5.74) is 2.33. The molecule has 3 aromatic rings. The maximum absolute atomic E-state index is 14.1. The first-order chi connectivity index (χ1) is 11.5. The minimum absolute atomic E-state index is 0.0239. The maximum atomic E-state index is 14.1. The van der Waals surface area contributed by atoms with Gasteiger partial charge in [0.2, 0.25) is 0 Å². The number of methoxy groups -OCH3 is 1. The van der Waals surface area contributed by atoms with Crippen LogP contribution < -0.4 is 5.32 Å². The quantitative estimate of drug-likeness (QED) is 0.689. The molecule has 0 spiro atoms. The van der Waals surface area contributed by atoms with Crippen LogP contribution >= 0.6 is 11.6 Å². The molecule has 0 aliphatic rings. The molecule has 0 saturated heterocycles. The van der Waals surface area contributed by atoms with E-state index in [0.29, 0.717) is 16.1 Å². The molecule has 0 aliphatic carbocycles.